The summed E-state index contributed by atoms with van der Waals surface area (Å²) in [5.41, 5.74) is 1.67. The SMILES string of the molecule is CC(NCCS(=O)(=O)C(C)C)c1ccc(C#N)cc1. The standard InChI is InChI=1S/C14H20N2O2S/c1-11(2)19(17,18)9-8-16-12(3)14-6-4-13(10-15)5-7-14/h4-7,11-12,16H,8-9H2,1-3H3. The number of benzene rings is 1. The molecular weight excluding hydrogens is 260 g/mol. The molecule has 0 amide bonds. The van der Waals surface area contributed by atoms with E-state index in [0.717, 1.165) is 5.56 Å². The summed E-state index contributed by atoms with van der Waals surface area (Å²) in [5.74, 6) is 0.144. The minimum absolute atomic E-state index is 0.0649. The van der Waals surface area contributed by atoms with Crippen LogP contribution in [0.4, 0.5) is 0 Å². The molecule has 1 rings (SSSR count). The Morgan fingerprint density at radius 3 is 2.26 bits per heavy atom. The lowest BCUT2D eigenvalue weighted by Crippen LogP contribution is -2.29. The predicted octanol–water partition coefficient (Wildman–Crippen LogP) is 2.03. The Hall–Kier alpha value is -1.38. The molecule has 0 aromatic heterocycles. The normalized spacial score (nSPS) is 13.2. The Balaban J connectivity index is 2.52. The topological polar surface area (TPSA) is 70.0 Å². The van der Waals surface area contributed by atoms with Crippen LogP contribution in [0.25, 0.3) is 0 Å². The third-order valence-corrected chi connectivity index (χ3v) is 5.30. The van der Waals surface area contributed by atoms with Crippen molar-refractivity contribution < 1.29 is 8.42 Å². The molecule has 1 aromatic rings. The lowest BCUT2D eigenvalue weighted by atomic mass is 10.1. The Morgan fingerprint density at radius 2 is 1.79 bits per heavy atom. The molecule has 1 unspecified atom stereocenters. The summed E-state index contributed by atoms with van der Waals surface area (Å²) in [7, 11) is -2.99. The quantitative estimate of drug-likeness (QED) is 0.865. The van der Waals surface area contributed by atoms with Crippen molar-refractivity contribution in [3.8, 4) is 6.07 Å². The number of sulfone groups is 1. The first kappa shape index (κ1) is 15.7. The van der Waals surface area contributed by atoms with E-state index in [1.54, 1.807) is 26.0 Å². The second kappa shape index (κ2) is 6.69. The Kier molecular flexibility index (Phi) is 5.52. The lowest BCUT2D eigenvalue weighted by Gasteiger charge is -2.15. The van der Waals surface area contributed by atoms with Gasteiger partial charge in [0.2, 0.25) is 0 Å². The summed E-state index contributed by atoms with van der Waals surface area (Å²) in [5, 5.41) is 11.6. The number of hydrogen-bond acceptors (Lipinski definition) is 4. The smallest absolute Gasteiger partial charge is 0.153 e. The van der Waals surface area contributed by atoms with E-state index in [-0.39, 0.29) is 17.0 Å². The van der Waals surface area contributed by atoms with Gasteiger partial charge in [0.15, 0.2) is 9.84 Å². The molecule has 0 radical (unpaired) electrons. The van der Waals surface area contributed by atoms with Gasteiger partial charge in [-0.25, -0.2) is 8.42 Å². The summed E-state index contributed by atoms with van der Waals surface area (Å²) in [4.78, 5) is 0. The second-order valence-corrected chi connectivity index (χ2v) is 7.50. The van der Waals surface area contributed by atoms with Gasteiger partial charge < -0.3 is 5.32 Å². The van der Waals surface area contributed by atoms with Crippen molar-refractivity contribution in [2.75, 3.05) is 12.3 Å². The molecule has 4 nitrogen and oxygen atoms in total. The molecule has 5 heteroatoms. The molecule has 0 bridgehead atoms. The number of nitrogens with one attached hydrogen (secondary N) is 1. The first-order chi connectivity index (χ1) is 8.86. The van der Waals surface area contributed by atoms with Gasteiger partial charge in [0.1, 0.15) is 0 Å². The molecule has 0 aliphatic heterocycles. The highest BCUT2D eigenvalue weighted by Gasteiger charge is 2.15. The molecule has 19 heavy (non-hydrogen) atoms. The van der Waals surface area contributed by atoms with Gasteiger partial charge in [-0.2, -0.15) is 5.26 Å². The molecule has 1 N–H and O–H groups in total. The maximum Gasteiger partial charge on any atom is 0.153 e. The maximum atomic E-state index is 11.7. The molecule has 0 fully saturated rings. The molecule has 1 atom stereocenters. The van der Waals surface area contributed by atoms with Crippen LogP contribution < -0.4 is 5.32 Å². The van der Waals surface area contributed by atoms with Gasteiger partial charge in [0.25, 0.3) is 0 Å². The highest BCUT2D eigenvalue weighted by Crippen LogP contribution is 2.13. The summed E-state index contributed by atoms with van der Waals surface area (Å²) < 4.78 is 23.3. The summed E-state index contributed by atoms with van der Waals surface area (Å²) >= 11 is 0. The average Bonchev–Trinajstić information content (AvgIpc) is 2.38. The number of rotatable bonds is 6. The van der Waals surface area contributed by atoms with Crippen LogP contribution in [0.1, 0.15) is 37.9 Å². The van der Waals surface area contributed by atoms with E-state index in [2.05, 4.69) is 11.4 Å². The van der Waals surface area contributed by atoms with Gasteiger partial charge in [-0.3, -0.25) is 0 Å². The fourth-order valence-electron chi connectivity index (χ4n) is 1.62. The van der Waals surface area contributed by atoms with E-state index in [1.165, 1.54) is 0 Å². The highest BCUT2D eigenvalue weighted by atomic mass is 32.2. The fraction of sp³-hybridized carbons (Fsp3) is 0.500. The average molecular weight is 280 g/mol. The second-order valence-electron chi connectivity index (χ2n) is 4.83. The van der Waals surface area contributed by atoms with Crippen LogP contribution >= 0.6 is 0 Å². The van der Waals surface area contributed by atoms with Gasteiger partial charge in [-0.1, -0.05) is 12.1 Å². The van der Waals surface area contributed by atoms with Crippen LogP contribution in [-0.4, -0.2) is 26.0 Å². The van der Waals surface area contributed by atoms with Gasteiger partial charge in [-0.15, -0.1) is 0 Å². The Morgan fingerprint density at radius 1 is 1.21 bits per heavy atom. The lowest BCUT2D eigenvalue weighted by molar-refractivity contribution is 0.566. The van der Waals surface area contributed by atoms with Crippen molar-refractivity contribution in [2.45, 2.75) is 32.1 Å². The minimum Gasteiger partial charge on any atom is -0.309 e. The molecular formula is C14H20N2O2S. The minimum atomic E-state index is -2.99. The van der Waals surface area contributed by atoms with E-state index in [0.29, 0.717) is 12.1 Å². The van der Waals surface area contributed by atoms with Crippen molar-refractivity contribution in [1.29, 1.82) is 5.26 Å². The van der Waals surface area contributed by atoms with Crippen molar-refractivity contribution in [3.63, 3.8) is 0 Å². The maximum absolute atomic E-state index is 11.7. The highest BCUT2D eigenvalue weighted by molar-refractivity contribution is 7.92. The van der Waals surface area contributed by atoms with Crippen LogP contribution in [0.3, 0.4) is 0 Å². The van der Waals surface area contributed by atoms with E-state index < -0.39 is 9.84 Å². The summed E-state index contributed by atoms with van der Waals surface area (Å²) in [6.45, 7) is 5.80. The molecule has 104 valence electrons. The van der Waals surface area contributed by atoms with Crippen molar-refractivity contribution >= 4 is 9.84 Å². The third kappa shape index (κ3) is 4.66. The van der Waals surface area contributed by atoms with Crippen LogP contribution in [0.15, 0.2) is 24.3 Å². The Labute approximate surface area is 115 Å². The van der Waals surface area contributed by atoms with E-state index in [4.69, 9.17) is 5.26 Å². The number of nitrogens with zero attached hydrogens (tertiary/aromatic N) is 1. The van der Waals surface area contributed by atoms with Crippen LogP contribution in [0, 0.1) is 11.3 Å². The first-order valence-electron chi connectivity index (χ1n) is 6.32. The van der Waals surface area contributed by atoms with Gasteiger partial charge in [-0.05, 0) is 38.5 Å². The van der Waals surface area contributed by atoms with E-state index >= 15 is 0 Å². The Bertz CT molecular complexity index is 542. The molecule has 0 spiro atoms. The molecule has 0 heterocycles. The largest absolute Gasteiger partial charge is 0.309 e. The van der Waals surface area contributed by atoms with Crippen LogP contribution in [0.2, 0.25) is 0 Å². The molecule has 0 saturated carbocycles. The van der Waals surface area contributed by atoms with Crippen molar-refractivity contribution in [1.82, 2.24) is 5.32 Å². The molecule has 0 aliphatic carbocycles. The molecule has 0 saturated heterocycles. The summed E-state index contributed by atoms with van der Waals surface area (Å²) in [6.07, 6.45) is 0. The summed E-state index contributed by atoms with van der Waals surface area (Å²) in [6, 6.07) is 9.42. The third-order valence-electron chi connectivity index (χ3n) is 3.10. The van der Waals surface area contributed by atoms with E-state index in [9.17, 15) is 8.42 Å². The fourth-order valence-corrected chi connectivity index (χ4v) is 2.49. The van der Waals surface area contributed by atoms with Crippen LogP contribution in [-0.2, 0) is 9.84 Å². The van der Waals surface area contributed by atoms with Crippen LogP contribution in [0.5, 0.6) is 0 Å². The zero-order chi connectivity index (χ0) is 14.5. The zero-order valence-corrected chi connectivity index (χ0v) is 12.4. The van der Waals surface area contributed by atoms with Gasteiger partial charge in [0, 0.05) is 12.6 Å². The zero-order valence-electron chi connectivity index (χ0n) is 11.6. The van der Waals surface area contributed by atoms with Crippen molar-refractivity contribution in [3.05, 3.63) is 35.4 Å². The first-order valence-corrected chi connectivity index (χ1v) is 8.03. The predicted molar refractivity (Wildman–Crippen MR) is 76.5 cm³/mol. The van der Waals surface area contributed by atoms with Gasteiger partial charge in [0.05, 0.1) is 22.6 Å². The monoisotopic (exact) mass is 280 g/mol. The van der Waals surface area contributed by atoms with E-state index in [1.807, 2.05) is 19.1 Å². The van der Waals surface area contributed by atoms with Crippen molar-refractivity contribution in [2.24, 2.45) is 0 Å². The number of nitriles is 1. The molecule has 1 aromatic carbocycles. The number of hydrogen-bond donors (Lipinski definition) is 1. The van der Waals surface area contributed by atoms with Gasteiger partial charge >= 0.3 is 0 Å². The molecule has 0 aliphatic rings.